The van der Waals surface area contributed by atoms with E-state index in [1.54, 1.807) is 23.6 Å². The first-order valence-electron chi connectivity index (χ1n) is 9.55. The predicted octanol–water partition coefficient (Wildman–Crippen LogP) is 0.863. The molecule has 2 amide bonds. The topological polar surface area (TPSA) is 79.0 Å². The fourth-order valence-electron chi connectivity index (χ4n) is 3.78. The van der Waals surface area contributed by atoms with Gasteiger partial charge in [-0.15, -0.1) is 10.2 Å². The van der Waals surface area contributed by atoms with Crippen LogP contribution in [-0.2, 0) is 13.1 Å². The van der Waals surface area contributed by atoms with Crippen LogP contribution in [0.15, 0.2) is 29.1 Å². The van der Waals surface area contributed by atoms with Gasteiger partial charge >= 0.3 is 6.03 Å². The number of urea groups is 1. The van der Waals surface area contributed by atoms with Crippen molar-refractivity contribution in [2.45, 2.75) is 20.0 Å². The van der Waals surface area contributed by atoms with E-state index >= 15 is 0 Å². The lowest BCUT2D eigenvalue weighted by molar-refractivity contribution is 0.118. The van der Waals surface area contributed by atoms with E-state index in [1.807, 2.05) is 40.5 Å². The molecule has 1 aliphatic heterocycles. The van der Waals surface area contributed by atoms with E-state index in [4.69, 9.17) is 0 Å². The number of hydrogen-bond donors (Lipinski definition) is 0. The molecule has 3 heterocycles. The summed E-state index contributed by atoms with van der Waals surface area (Å²) in [6, 6.07) is 7.63. The monoisotopic (exact) mass is 383 g/mol. The molecule has 9 heteroatoms. The van der Waals surface area contributed by atoms with E-state index in [2.05, 4.69) is 15.1 Å². The highest BCUT2D eigenvalue weighted by Crippen LogP contribution is 2.16. The maximum atomic E-state index is 12.8. The van der Waals surface area contributed by atoms with Crippen molar-refractivity contribution in [1.29, 1.82) is 0 Å². The molecule has 0 unspecified atom stereocenters. The van der Waals surface area contributed by atoms with Gasteiger partial charge in [0, 0.05) is 46.8 Å². The van der Waals surface area contributed by atoms with Crippen molar-refractivity contribution in [3.63, 3.8) is 0 Å². The number of aryl methyl sites for hydroxylation is 1. The highest BCUT2D eigenvalue weighted by molar-refractivity contribution is 5.80. The van der Waals surface area contributed by atoms with Gasteiger partial charge in [-0.1, -0.05) is 12.1 Å². The number of amides is 2. The Balaban J connectivity index is 1.65. The third-order valence-corrected chi connectivity index (χ3v) is 5.28. The normalized spacial score (nSPS) is 15.5. The van der Waals surface area contributed by atoms with Crippen molar-refractivity contribution in [1.82, 2.24) is 33.9 Å². The number of fused-ring (bicyclic) bond motifs is 3. The molecule has 1 aliphatic rings. The third-order valence-electron chi connectivity index (χ3n) is 5.28. The van der Waals surface area contributed by atoms with Gasteiger partial charge in [0.15, 0.2) is 5.82 Å². The smallest absolute Gasteiger partial charge is 0.319 e. The number of nitrogens with zero attached hydrogens (tertiary/aromatic N) is 7. The summed E-state index contributed by atoms with van der Waals surface area (Å²) in [7, 11) is 3.55. The molecule has 28 heavy (non-hydrogen) atoms. The molecule has 0 atom stereocenters. The summed E-state index contributed by atoms with van der Waals surface area (Å²) >= 11 is 0. The van der Waals surface area contributed by atoms with Crippen molar-refractivity contribution in [3.8, 4) is 0 Å². The summed E-state index contributed by atoms with van der Waals surface area (Å²) in [5.41, 5.74) is 0.786. The molecule has 3 aromatic rings. The maximum absolute atomic E-state index is 12.8. The maximum Gasteiger partial charge on any atom is 0.319 e. The van der Waals surface area contributed by atoms with Gasteiger partial charge in [0.05, 0.1) is 17.4 Å². The highest BCUT2D eigenvalue weighted by atomic mass is 16.2. The molecule has 0 aliphatic carbocycles. The number of carbonyl (C=O) groups excluding carboxylic acids is 1. The van der Waals surface area contributed by atoms with Gasteiger partial charge in [0.1, 0.15) is 0 Å². The molecule has 1 saturated heterocycles. The molecule has 0 spiro atoms. The first kappa shape index (κ1) is 18.4. The van der Waals surface area contributed by atoms with E-state index < -0.39 is 0 Å². The predicted molar refractivity (Wildman–Crippen MR) is 106 cm³/mol. The van der Waals surface area contributed by atoms with Crippen LogP contribution < -0.4 is 5.56 Å². The van der Waals surface area contributed by atoms with E-state index in [0.29, 0.717) is 37.3 Å². The zero-order chi connectivity index (χ0) is 19.8. The Hall–Kier alpha value is -2.94. The van der Waals surface area contributed by atoms with Gasteiger partial charge in [-0.3, -0.25) is 18.7 Å². The molecule has 4 rings (SSSR count). The minimum Gasteiger partial charge on any atom is -0.331 e. The van der Waals surface area contributed by atoms with E-state index in [9.17, 15) is 9.59 Å². The average Bonchev–Trinajstić information content (AvgIpc) is 3.12. The van der Waals surface area contributed by atoms with Crippen LogP contribution in [0.2, 0.25) is 0 Å². The summed E-state index contributed by atoms with van der Waals surface area (Å²) in [6.45, 7) is 6.03. The van der Waals surface area contributed by atoms with Crippen molar-refractivity contribution in [2.24, 2.45) is 0 Å². The van der Waals surface area contributed by atoms with Gasteiger partial charge in [-0.25, -0.2) is 4.79 Å². The summed E-state index contributed by atoms with van der Waals surface area (Å²) < 4.78 is 3.64. The SMILES string of the molecule is CCn1c(=O)c2ccccc2n2c(CN3CCN(C(=O)N(C)C)CC3)nnc12. The Morgan fingerprint density at radius 2 is 1.82 bits per heavy atom. The Morgan fingerprint density at radius 1 is 1.11 bits per heavy atom. The van der Waals surface area contributed by atoms with E-state index in [0.717, 1.165) is 24.4 Å². The summed E-state index contributed by atoms with van der Waals surface area (Å²) in [4.78, 5) is 30.6. The van der Waals surface area contributed by atoms with E-state index in [-0.39, 0.29) is 11.6 Å². The second-order valence-corrected chi connectivity index (χ2v) is 7.26. The standard InChI is InChI=1S/C19H25N7O2/c1-4-25-17(27)14-7-5-6-8-15(14)26-16(20-21-18(25)26)13-23-9-11-24(12-10-23)19(28)22(2)3/h5-8H,4,9-13H2,1-3H3. The molecule has 1 fully saturated rings. The number of piperazine rings is 1. The van der Waals surface area contributed by atoms with Crippen LogP contribution in [-0.4, -0.2) is 80.2 Å². The number of benzene rings is 1. The molecular formula is C19H25N7O2. The quantitative estimate of drug-likeness (QED) is 0.670. The molecule has 0 bridgehead atoms. The Morgan fingerprint density at radius 3 is 2.50 bits per heavy atom. The number of aromatic nitrogens is 4. The highest BCUT2D eigenvalue weighted by Gasteiger charge is 2.24. The van der Waals surface area contributed by atoms with Gasteiger partial charge in [0.2, 0.25) is 5.78 Å². The second kappa shape index (κ2) is 7.23. The van der Waals surface area contributed by atoms with Crippen LogP contribution in [0.4, 0.5) is 4.79 Å². The molecular weight excluding hydrogens is 358 g/mol. The average molecular weight is 383 g/mol. The first-order valence-corrected chi connectivity index (χ1v) is 9.55. The Labute approximate surface area is 162 Å². The Kier molecular flexibility index (Phi) is 4.76. The summed E-state index contributed by atoms with van der Waals surface area (Å²) in [5.74, 6) is 1.38. The van der Waals surface area contributed by atoms with Crippen molar-refractivity contribution < 1.29 is 4.79 Å². The van der Waals surface area contributed by atoms with E-state index in [1.165, 1.54) is 0 Å². The number of carbonyl (C=O) groups is 1. The minimum atomic E-state index is -0.0413. The van der Waals surface area contributed by atoms with Crippen molar-refractivity contribution >= 4 is 22.7 Å². The van der Waals surface area contributed by atoms with Crippen LogP contribution in [0.25, 0.3) is 16.7 Å². The lowest BCUT2D eigenvalue weighted by Gasteiger charge is -2.35. The number of rotatable bonds is 3. The van der Waals surface area contributed by atoms with Gasteiger partial charge in [-0.05, 0) is 19.1 Å². The van der Waals surface area contributed by atoms with Crippen LogP contribution in [0, 0.1) is 0 Å². The Bertz CT molecular complexity index is 1080. The molecule has 2 aromatic heterocycles. The minimum absolute atomic E-state index is 0.0413. The molecule has 148 valence electrons. The molecule has 0 radical (unpaired) electrons. The lowest BCUT2D eigenvalue weighted by Crippen LogP contribution is -2.51. The zero-order valence-electron chi connectivity index (χ0n) is 16.5. The van der Waals surface area contributed by atoms with Crippen LogP contribution >= 0.6 is 0 Å². The summed E-state index contributed by atoms with van der Waals surface area (Å²) in [6.07, 6.45) is 0. The lowest BCUT2D eigenvalue weighted by atomic mass is 10.2. The van der Waals surface area contributed by atoms with Gasteiger partial charge < -0.3 is 9.80 Å². The largest absolute Gasteiger partial charge is 0.331 e. The first-order chi connectivity index (χ1) is 13.5. The zero-order valence-corrected chi connectivity index (χ0v) is 16.5. The van der Waals surface area contributed by atoms with Crippen LogP contribution in [0.5, 0.6) is 0 Å². The van der Waals surface area contributed by atoms with Crippen LogP contribution in [0.1, 0.15) is 12.7 Å². The second-order valence-electron chi connectivity index (χ2n) is 7.26. The molecule has 0 N–H and O–H groups in total. The van der Waals surface area contributed by atoms with Crippen molar-refractivity contribution in [2.75, 3.05) is 40.3 Å². The molecule has 9 nitrogen and oxygen atoms in total. The third kappa shape index (κ3) is 3.01. The summed E-state index contributed by atoms with van der Waals surface area (Å²) in [5, 5.41) is 9.37. The van der Waals surface area contributed by atoms with Gasteiger partial charge in [-0.2, -0.15) is 0 Å². The van der Waals surface area contributed by atoms with Gasteiger partial charge in [0.25, 0.3) is 5.56 Å². The van der Waals surface area contributed by atoms with Crippen LogP contribution in [0.3, 0.4) is 0 Å². The fourth-order valence-corrected chi connectivity index (χ4v) is 3.78. The van der Waals surface area contributed by atoms with Crippen molar-refractivity contribution in [3.05, 3.63) is 40.4 Å². The number of para-hydroxylation sites is 1. The fraction of sp³-hybridized carbons (Fsp3) is 0.474. The molecule has 0 saturated carbocycles. The number of hydrogen-bond acceptors (Lipinski definition) is 5. The molecule has 1 aromatic carbocycles.